The molecule has 1 aliphatic heterocycles. The lowest BCUT2D eigenvalue weighted by atomic mass is 9.90. The van der Waals surface area contributed by atoms with E-state index in [1.165, 1.54) is 4.88 Å². The zero-order chi connectivity index (χ0) is 11.6. The highest BCUT2D eigenvalue weighted by atomic mass is 32.2. The van der Waals surface area contributed by atoms with Gasteiger partial charge in [0.2, 0.25) is 0 Å². The van der Waals surface area contributed by atoms with Crippen LogP contribution in [0.5, 0.6) is 0 Å². The number of nitrogens with one attached hydrogen (secondary N) is 1. The first-order valence-corrected chi connectivity index (χ1v) is 8.21. The third-order valence-electron chi connectivity index (χ3n) is 3.17. The van der Waals surface area contributed by atoms with Crippen LogP contribution in [0.3, 0.4) is 0 Å². The van der Waals surface area contributed by atoms with Crippen molar-refractivity contribution in [2.24, 2.45) is 5.92 Å². The van der Waals surface area contributed by atoms with E-state index in [9.17, 15) is 8.42 Å². The molecule has 2 rings (SSSR count). The predicted molar refractivity (Wildman–Crippen MR) is 67.7 cm³/mol. The summed E-state index contributed by atoms with van der Waals surface area (Å²) in [6.45, 7) is 0.862. The smallest absolute Gasteiger partial charge is 0.150 e. The first kappa shape index (κ1) is 12.1. The molecule has 16 heavy (non-hydrogen) atoms. The Hall–Kier alpha value is -0.390. The lowest BCUT2D eigenvalue weighted by Crippen LogP contribution is -2.24. The molecule has 1 N–H and O–H groups in total. The van der Waals surface area contributed by atoms with Crippen molar-refractivity contribution in [3.05, 3.63) is 22.4 Å². The van der Waals surface area contributed by atoms with Crippen LogP contribution in [0.25, 0.3) is 0 Å². The van der Waals surface area contributed by atoms with Crippen LogP contribution in [0.4, 0.5) is 0 Å². The summed E-state index contributed by atoms with van der Waals surface area (Å²) in [6.07, 6.45) is 0.812. The fourth-order valence-electron chi connectivity index (χ4n) is 2.36. The SMILES string of the molecule is CNCC(c1cccs1)C1CCS(=O)(=O)C1. The van der Waals surface area contributed by atoms with E-state index in [0.717, 1.165) is 13.0 Å². The van der Waals surface area contributed by atoms with Crippen LogP contribution >= 0.6 is 11.3 Å². The molecule has 2 atom stereocenters. The Kier molecular flexibility index (Phi) is 3.66. The molecule has 0 bridgehead atoms. The minimum absolute atomic E-state index is 0.288. The number of hydrogen-bond donors (Lipinski definition) is 1. The molecule has 0 amide bonds. The van der Waals surface area contributed by atoms with Gasteiger partial charge in [-0.2, -0.15) is 0 Å². The summed E-state index contributed by atoms with van der Waals surface area (Å²) < 4.78 is 23.0. The summed E-state index contributed by atoms with van der Waals surface area (Å²) in [5.41, 5.74) is 0. The summed E-state index contributed by atoms with van der Waals surface area (Å²) in [7, 11) is -0.852. The van der Waals surface area contributed by atoms with Crippen LogP contribution in [-0.4, -0.2) is 33.5 Å². The van der Waals surface area contributed by atoms with E-state index in [0.29, 0.717) is 17.4 Å². The van der Waals surface area contributed by atoms with Crippen molar-refractivity contribution in [2.45, 2.75) is 12.3 Å². The predicted octanol–water partition coefficient (Wildman–Crippen LogP) is 1.49. The zero-order valence-electron chi connectivity index (χ0n) is 9.35. The number of rotatable bonds is 4. The molecular weight excluding hydrogens is 242 g/mol. The summed E-state index contributed by atoms with van der Waals surface area (Å²) in [6, 6.07) is 4.14. The second-order valence-electron chi connectivity index (χ2n) is 4.34. The van der Waals surface area contributed by atoms with Crippen molar-refractivity contribution in [1.29, 1.82) is 0 Å². The lowest BCUT2D eigenvalue weighted by Gasteiger charge is -2.20. The fraction of sp³-hybridized carbons (Fsp3) is 0.636. The average Bonchev–Trinajstić information content (AvgIpc) is 2.83. The van der Waals surface area contributed by atoms with E-state index in [2.05, 4.69) is 16.8 Å². The molecule has 2 heterocycles. The molecule has 0 radical (unpaired) electrons. The van der Waals surface area contributed by atoms with Crippen molar-refractivity contribution in [3.63, 3.8) is 0 Å². The molecule has 5 heteroatoms. The van der Waals surface area contributed by atoms with Crippen molar-refractivity contribution in [1.82, 2.24) is 5.32 Å². The molecule has 1 aliphatic rings. The Morgan fingerprint density at radius 1 is 1.62 bits per heavy atom. The van der Waals surface area contributed by atoms with Crippen molar-refractivity contribution in [3.8, 4) is 0 Å². The zero-order valence-corrected chi connectivity index (χ0v) is 11.0. The largest absolute Gasteiger partial charge is 0.319 e. The van der Waals surface area contributed by atoms with Crippen molar-refractivity contribution < 1.29 is 8.42 Å². The van der Waals surface area contributed by atoms with Crippen LogP contribution in [0.15, 0.2) is 17.5 Å². The standard InChI is InChI=1S/C11H17NO2S2/c1-12-7-10(11-3-2-5-15-11)9-4-6-16(13,14)8-9/h2-3,5,9-10,12H,4,6-8H2,1H3. The van der Waals surface area contributed by atoms with Crippen LogP contribution in [-0.2, 0) is 9.84 Å². The first-order valence-electron chi connectivity index (χ1n) is 5.51. The van der Waals surface area contributed by atoms with Gasteiger partial charge < -0.3 is 5.32 Å². The minimum Gasteiger partial charge on any atom is -0.319 e. The lowest BCUT2D eigenvalue weighted by molar-refractivity contribution is 0.457. The maximum atomic E-state index is 11.5. The van der Waals surface area contributed by atoms with E-state index in [1.807, 2.05) is 13.1 Å². The normalized spacial score (nSPS) is 25.7. The number of hydrogen-bond acceptors (Lipinski definition) is 4. The van der Waals surface area contributed by atoms with E-state index in [4.69, 9.17) is 0 Å². The topological polar surface area (TPSA) is 46.2 Å². The molecule has 1 saturated heterocycles. The Balaban J connectivity index is 2.15. The van der Waals surface area contributed by atoms with Gasteiger partial charge in [0.15, 0.2) is 9.84 Å². The van der Waals surface area contributed by atoms with E-state index >= 15 is 0 Å². The van der Waals surface area contributed by atoms with Gasteiger partial charge in [0.25, 0.3) is 0 Å². The molecule has 90 valence electrons. The summed E-state index contributed by atoms with van der Waals surface area (Å²) in [5.74, 6) is 1.36. The molecule has 0 saturated carbocycles. The van der Waals surface area contributed by atoms with Gasteiger partial charge in [0.05, 0.1) is 11.5 Å². The van der Waals surface area contributed by atoms with E-state index in [-0.39, 0.29) is 5.92 Å². The highest BCUT2D eigenvalue weighted by molar-refractivity contribution is 7.91. The van der Waals surface area contributed by atoms with Crippen LogP contribution in [0.2, 0.25) is 0 Å². The summed E-state index contributed by atoms with van der Waals surface area (Å²) in [5, 5.41) is 5.23. The van der Waals surface area contributed by atoms with Gasteiger partial charge in [-0.3, -0.25) is 0 Å². The van der Waals surface area contributed by atoms with Gasteiger partial charge in [0, 0.05) is 17.3 Å². The van der Waals surface area contributed by atoms with E-state index < -0.39 is 9.84 Å². The first-order chi connectivity index (χ1) is 7.62. The molecule has 0 aliphatic carbocycles. The molecular formula is C11H17NO2S2. The number of thiophene rings is 1. The molecule has 0 spiro atoms. The second kappa shape index (κ2) is 4.85. The number of sulfone groups is 1. The summed E-state index contributed by atoms with van der Waals surface area (Å²) in [4.78, 5) is 1.30. The van der Waals surface area contributed by atoms with Crippen molar-refractivity contribution in [2.75, 3.05) is 25.1 Å². The third-order valence-corrected chi connectivity index (χ3v) is 5.97. The number of likely N-dealkylation sites (N-methyl/N-ethyl adjacent to an activating group) is 1. The maximum Gasteiger partial charge on any atom is 0.150 e. The van der Waals surface area contributed by atoms with Crippen LogP contribution < -0.4 is 5.32 Å². The molecule has 1 aromatic heterocycles. The Bertz CT molecular complexity index is 425. The third kappa shape index (κ3) is 2.64. The van der Waals surface area contributed by atoms with Gasteiger partial charge in [-0.05, 0) is 30.8 Å². The molecule has 0 aromatic carbocycles. The molecule has 2 unspecified atom stereocenters. The van der Waals surface area contributed by atoms with Gasteiger partial charge in [-0.25, -0.2) is 8.42 Å². The Morgan fingerprint density at radius 3 is 2.94 bits per heavy atom. The van der Waals surface area contributed by atoms with Crippen molar-refractivity contribution >= 4 is 21.2 Å². The minimum atomic E-state index is -2.77. The molecule has 1 aromatic rings. The average molecular weight is 259 g/mol. The second-order valence-corrected chi connectivity index (χ2v) is 7.55. The van der Waals surface area contributed by atoms with Crippen LogP contribution in [0, 0.1) is 5.92 Å². The molecule has 1 fully saturated rings. The Labute approximate surface area is 101 Å². The van der Waals surface area contributed by atoms with Gasteiger partial charge in [0.1, 0.15) is 0 Å². The monoisotopic (exact) mass is 259 g/mol. The fourth-order valence-corrected chi connectivity index (χ4v) is 5.16. The van der Waals surface area contributed by atoms with Gasteiger partial charge in [-0.1, -0.05) is 6.07 Å². The van der Waals surface area contributed by atoms with E-state index in [1.54, 1.807) is 11.3 Å². The quantitative estimate of drug-likeness (QED) is 0.891. The Morgan fingerprint density at radius 2 is 2.44 bits per heavy atom. The molecule has 3 nitrogen and oxygen atoms in total. The highest BCUT2D eigenvalue weighted by Gasteiger charge is 2.34. The van der Waals surface area contributed by atoms with Crippen LogP contribution in [0.1, 0.15) is 17.2 Å². The van der Waals surface area contributed by atoms with Gasteiger partial charge >= 0.3 is 0 Å². The van der Waals surface area contributed by atoms with Gasteiger partial charge in [-0.15, -0.1) is 11.3 Å². The maximum absolute atomic E-state index is 11.5. The summed E-state index contributed by atoms with van der Waals surface area (Å²) >= 11 is 1.72. The highest BCUT2D eigenvalue weighted by Crippen LogP contribution is 2.34.